The number of piperidine rings is 1. The Kier molecular flexibility index (Phi) is 7.64. The number of carbonyl (C=O) groups is 1. The summed E-state index contributed by atoms with van der Waals surface area (Å²) in [5, 5.41) is 3.27. The second-order valence-electron chi connectivity index (χ2n) is 9.85. The van der Waals surface area contributed by atoms with Crippen LogP contribution in [0.1, 0.15) is 53.9 Å². The topological polar surface area (TPSA) is 41.6 Å². The molecule has 1 N–H and O–H groups in total. The maximum absolute atomic E-state index is 13.5. The molecular weight excluding hydrogens is 396 g/mol. The Morgan fingerprint density at radius 1 is 1.16 bits per heavy atom. The lowest BCUT2D eigenvalue weighted by Crippen LogP contribution is -2.46. The van der Waals surface area contributed by atoms with E-state index in [1.807, 2.05) is 0 Å². The maximum Gasteiger partial charge on any atom is 0.226 e. The van der Waals surface area contributed by atoms with Gasteiger partial charge >= 0.3 is 0 Å². The standard InChI is InChI=1S/C28H38N2O2/c1-22-7-3-4-9-24(22)12-15-29-27(31)28(13-17-32-18-14-28)20-23-8-5-10-25(19-23)26-11-6-16-30(2)21-26/h3-5,7-10,19,26H,6,11-18,20-21H2,1-2H3,(H,29,31). The van der Waals surface area contributed by atoms with Crippen molar-refractivity contribution < 1.29 is 9.53 Å². The highest BCUT2D eigenvalue weighted by molar-refractivity contribution is 5.83. The van der Waals surface area contributed by atoms with Gasteiger partial charge in [0.15, 0.2) is 0 Å². The van der Waals surface area contributed by atoms with Crippen LogP contribution in [0.3, 0.4) is 0 Å². The third-order valence-corrected chi connectivity index (χ3v) is 7.46. The molecule has 1 unspecified atom stereocenters. The number of rotatable bonds is 7. The highest BCUT2D eigenvalue weighted by atomic mass is 16.5. The number of ether oxygens (including phenoxy) is 1. The fourth-order valence-electron chi connectivity index (χ4n) is 5.42. The molecule has 0 spiro atoms. The number of hydrogen-bond donors (Lipinski definition) is 1. The van der Waals surface area contributed by atoms with Gasteiger partial charge in [-0.05, 0) is 87.2 Å². The lowest BCUT2D eigenvalue weighted by molar-refractivity contribution is -0.136. The first-order valence-electron chi connectivity index (χ1n) is 12.2. The van der Waals surface area contributed by atoms with Gasteiger partial charge < -0.3 is 15.0 Å². The van der Waals surface area contributed by atoms with Crippen LogP contribution in [0.5, 0.6) is 0 Å². The van der Waals surface area contributed by atoms with E-state index in [4.69, 9.17) is 4.74 Å². The average Bonchev–Trinajstić information content (AvgIpc) is 2.81. The van der Waals surface area contributed by atoms with Gasteiger partial charge in [0.05, 0.1) is 5.41 Å². The van der Waals surface area contributed by atoms with E-state index in [1.165, 1.54) is 41.6 Å². The van der Waals surface area contributed by atoms with Gasteiger partial charge in [0.1, 0.15) is 0 Å². The Morgan fingerprint density at radius 2 is 1.97 bits per heavy atom. The first kappa shape index (κ1) is 23.0. The number of carbonyl (C=O) groups excluding carboxylic acids is 1. The molecular formula is C28H38N2O2. The SMILES string of the molecule is Cc1ccccc1CCNC(=O)C1(Cc2cccc(C3CCCN(C)C3)c2)CCOCC1. The zero-order valence-corrected chi connectivity index (χ0v) is 19.7. The van der Waals surface area contributed by atoms with Crippen molar-refractivity contribution in [3.8, 4) is 0 Å². The van der Waals surface area contributed by atoms with Gasteiger partial charge in [-0.25, -0.2) is 0 Å². The zero-order valence-electron chi connectivity index (χ0n) is 19.7. The van der Waals surface area contributed by atoms with Crippen molar-refractivity contribution in [2.24, 2.45) is 5.41 Å². The fourth-order valence-corrected chi connectivity index (χ4v) is 5.42. The molecule has 0 radical (unpaired) electrons. The highest BCUT2D eigenvalue weighted by Crippen LogP contribution is 2.36. The van der Waals surface area contributed by atoms with Crippen molar-refractivity contribution in [2.45, 2.75) is 51.4 Å². The number of nitrogens with one attached hydrogen (secondary N) is 1. The third kappa shape index (κ3) is 5.60. The molecule has 0 bridgehead atoms. The van der Waals surface area contributed by atoms with Crippen molar-refractivity contribution >= 4 is 5.91 Å². The first-order chi connectivity index (χ1) is 15.6. The van der Waals surface area contributed by atoms with E-state index in [0.29, 0.717) is 25.7 Å². The number of benzene rings is 2. The summed E-state index contributed by atoms with van der Waals surface area (Å²) in [6, 6.07) is 17.4. The Balaban J connectivity index is 1.44. The molecule has 2 aliphatic rings. The lowest BCUT2D eigenvalue weighted by atomic mass is 9.74. The van der Waals surface area contributed by atoms with Gasteiger partial charge in [-0.15, -0.1) is 0 Å². The van der Waals surface area contributed by atoms with E-state index >= 15 is 0 Å². The largest absolute Gasteiger partial charge is 0.381 e. The Bertz CT molecular complexity index is 904. The summed E-state index contributed by atoms with van der Waals surface area (Å²) in [4.78, 5) is 15.9. The summed E-state index contributed by atoms with van der Waals surface area (Å²) < 4.78 is 5.65. The van der Waals surface area contributed by atoms with E-state index < -0.39 is 0 Å². The summed E-state index contributed by atoms with van der Waals surface area (Å²) in [6.07, 6.45) is 5.76. The number of likely N-dealkylation sites (N-methyl/N-ethyl adjacent to an activating group) is 1. The predicted molar refractivity (Wildman–Crippen MR) is 130 cm³/mol. The van der Waals surface area contributed by atoms with Crippen molar-refractivity contribution in [1.29, 1.82) is 0 Å². The Morgan fingerprint density at radius 3 is 2.75 bits per heavy atom. The molecule has 2 aromatic rings. The van der Waals surface area contributed by atoms with Crippen molar-refractivity contribution in [3.05, 3.63) is 70.8 Å². The Hall–Kier alpha value is -2.17. The molecule has 2 aliphatic heterocycles. The van der Waals surface area contributed by atoms with E-state index in [-0.39, 0.29) is 11.3 Å². The molecule has 2 aromatic carbocycles. The summed E-state index contributed by atoms with van der Waals surface area (Å²) in [5.74, 6) is 0.791. The van der Waals surface area contributed by atoms with Crippen LogP contribution in [-0.4, -0.2) is 50.7 Å². The van der Waals surface area contributed by atoms with Crippen LogP contribution in [0.2, 0.25) is 0 Å². The number of nitrogens with zero attached hydrogens (tertiary/aromatic N) is 1. The molecule has 0 saturated carbocycles. The van der Waals surface area contributed by atoms with Gasteiger partial charge in [0.2, 0.25) is 5.91 Å². The summed E-state index contributed by atoms with van der Waals surface area (Å²) in [6.45, 7) is 6.47. The molecule has 2 fully saturated rings. The first-order valence-corrected chi connectivity index (χ1v) is 12.2. The van der Waals surface area contributed by atoms with Crippen LogP contribution in [0.4, 0.5) is 0 Å². The molecule has 4 rings (SSSR count). The summed E-state index contributed by atoms with van der Waals surface area (Å²) in [5.41, 5.74) is 4.93. The molecule has 172 valence electrons. The zero-order chi connectivity index (χ0) is 22.4. The number of likely N-dealkylation sites (tertiary alicyclic amines) is 1. The van der Waals surface area contributed by atoms with E-state index in [1.54, 1.807) is 0 Å². The van der Waals surface area contributed by atoms with Crippen LogP contribution in [-0.2, 0) is 22.4 Å². The van der Waals surface area contributed by atoms with Crippen molar-refractivity contribution in [3.63, 3.8) is 0 Å². The molecule has 4 heteroatoms. The molecule has 1 atom stereocenters. The van der Waals surface area contributed by atoms with Crippen molar-refractivity contribution in [1.82, 2.24) is 10.2 Å². The number of hydrogen-bond acceptors (Lipinski definition) is 3. The van der Waals surface area contributed by atoms with Gasteiger partial charge in [-0.2, -0.15) is 0 Å². The van der Waals surface area contributed by atoms with Crippen LogP contribution in [0, 0.1) is 12.3 Å². The minimum atomic E-state index is -0.369. The number of aryl methyl sites for hydroxylation is 1. The second kappa shape index (κ2) is 10.6. The monoisotopic (exact) mass is 434 g/mol. The van der Waals surface area contributed by atoms with Crippen LogP contribution in [0.15, 0.2) is 48.5 Å². The lowest BCUT2D eigenvalue weighted by Gasteiger charge is -2.36. The summed E-state index contributed by atoms with van der Waals surface area (Å²) >= 11 is 0. The van der Waals surface area contributed by atoms with Gasteiger partial charge in [0.25, 0.3) is 0 Å². The maximum atomic E-state index is 13.5. The minimum absolute atomic E-state index is 0.192. The minimum Gasteiger partial charge on any atom is -0.381 e. The molecule has 4 nitrogen and oxygen atoms in total. The third-order valence-electron chi connectivity index (χ3n) is 7.46. The van der Waals surface area contributed by atoms with Gasteiger partial charge in [-0.1, -0.05) is 48.5 Å². The molecule has 0 aromatic heterocycles. The quantitative estimate of drug-likeness (QED) is 0.698. The normalized spacial score (nSPS) is 21.2. The van der Waals surface area contributed by atoms with E-state index in [2.05, 4.69) is 72.7 Å². The molecule has 2 saturated heterocycles. The van der Waals surface area contributed by atoms with E-state index in [0.717, 1.165) is 32.2 Å². The van der Waals surface area contributed by atoms with Crippen LogP contribution >= 0.6 is 0 Å². The smallest absolute Gasteiger partial charge is 0.226 e. The summed E-state index contributed by atoms with van der Waals surface area (Å²) in [7, 11) is 2.22. The molecule has 2 heterocycles. The second-order valence-corrected chi connectivity index (χ2v) is 9.85. The average molecular weight is 435 g/mol. The molecule has 32 heavy (non-hydrogen) atoms. The van der Waals surface area contributed by atoms with Crippen LogP contribution < -0.4 is 5.32 Å². The van der Waals surface area contributed by atoms with Gasteiger partial charge in [-0.3, -0.25) is 4.79 Å². The molecule has 1 amide bonds. The highest BCUT2D eigenvalue weighted by Gasteiger charge is 2.40. The van der Waals surface area contributed by atoms with E-state index in [9.17, 15) is 4.79 Å². The molecule has 0 aliphatic carbocycles. The van der Waals surface area contributed by atoms with Gasteiger partial charge in [0, 0.05) is 26.3 Å². The van der Waals surface area contributed by atoms with Crippen LogP contribution in [0.25, 0.3) is 0 Å². The predicted octanol–water partition coefficient (Wildman–Crippen LogP) is 4.50. The fraction of sp³-hybridized carbons (Fsp3) is 0.536. The number of amides is 1. The van der Waals surface area contributed by atoms with Crippen molar-refractivity contribution in [2.75, 3.05) is 39.9 Å². The Labute approximate surface area is 193 Å².